The Morgan fingerprint density at radius 1 is 1.06 bits per heavy atom. The summed E-state index contributed by atoms with van der Waals surface area (Å²) in [7, 11) is 5.88. The number of aromatic nitrogens is 3. The first-order valence-electron chi connectivity index (χ1n) is 5.38. The molecule has 0 amide bonds. The molecule has 84 valence electrons. The normalized spacial score (nSPS) is 10.7. The molecule has 0 aliphatic rings. The van der Waals surface area contributed by atoms with E-state index in [1.807, 2.05) is 0 Å². The molecule has 3 rings (SSSR count). The lowest BCUT2D eigenvalue weighted by Gasteiger charge is -2.06. The van der Waals surface area contributed by atoms with Gasteiger partial charge in [0.05, 0.1) is 5.69 Å². The molecule has 5 heteroatoms. The van der Waals surface area contributed by atoms with Crippen LogP contribution in [-0.2, 0) is 0 Å². The van der Waals surface area contributed by atoms with E-state index in [1.54, 1.807) is 30.5 Å². The van der Waals surface area contributed by atoms with E-state index in [0.717, 1.165) is 0 Å². The van der Waals surface area contributed by atoms with Gasteiger partial charge in [-0.25, -0.2) is 14.4 Å². The molecule has 3 nitrogen and oxygen atoms in total. The second-order valence-corrected chi connectivity index (χ2v) is 3.81. The maximum absolute atomic E-state index is 13.7. The van der Waals surface area contributed by atoms with Gasteiger partial charge >= 0.3 is 0 Å². The fraction of sp³-hybridized carbons (Fsp3) is 0. The first-order chi connectivity index (χ1) is 8.75. The number of rotatable bonds is 1. The van der Waals surface area contributed by atoms with Crippen LogP contribution < -0.4 is 5.46 Å². The minimum Gasteiger partial charge on any atom is -0.252 e. The Hall–Kier alpha value is -2.30. The number of hydrogen-bond acceptors (Lipinski definition) is 3. The predicted octanol–water partition coefficient (Wildman–Crippen LogP) is 1.62. The van der Waals surface area contributed by atoms with Gasteiger partial charge in [-0.2, -0.15) is 0 Å². The van der Waals surface area contributed by atoms with Crippen molar-refractivity contribution in [3.05, 3.63) is 48.5 Å². The maximum atomic E-state index is 13.7. The van der Waals surface area contributed by atoms with Gasteiger partial charge in [-0.3, -0.25) is 4.98 Å². The minimum atomic E-state index is -0.340. The highest BCUT2D eigenvalue weighted by Gasteiger charge is 2.09. The average molecular weight is 235 g/mol. The van der Waals surface area contributed by atoms with Crippen LogP contribution in [0.4, 0.5) is 4.39 Å². The Labute approximate surface area is 104 Å². The summed E-state index contributed by atoms with van der Waals surface area (Å²) in [5, 5.41) is 0. The summed E-state index contributed by atoms with van der Waals surface area (Å²) in [4.78, 5) is 12.4. The van der Waals surface area contributed by atoms with E-state index in [0.29, 0.717) is 27.9 Å². The van der Waals surface area contributed by atoms with Crippen LogP contribution in [0.3, 0.4) is 0 Å². The van der Waals surface area contributed by atoms with Crippen LogP contribution in [0.2, 0.25) is 0 Å². The average Bonchev–Trinajstić information content (AvgIpc) is 2.39. The van der Waals surface area contributed by atoms with Gasteiger partial charge in [0.1, 0.15) is 19.2 Å². The summed E-state index contributed by atoms with van der Waals surface area (Å²) in [6, 6.07) is 8.02. The Morgan fingerprint density at radius 3 is 2.67 bits per heavy atom. The first kappa shape index (κ1) is 10.8. The molecule has 0 atom stereocenters. The molecule has 1 aromatic carbocycles. The monoisotopic (exact) mass is 235 g/mol. The zero-order valence-corrected chi connectivity index (χ0v) is 9.34. The van der Waals surface area contributed by atoms with E-state index in [-0.39, 0.29) is 5.82 Å². The van der Waals surface area contributed by atoms with Crippen molar-refractivity contribution >= 4 is 24.5 Å². The van der Waals surface area contributed by atoms with Crippen molar-refractivity contribution in [1.82, 2.24) is 15.0 Å². The highest BCUT2D eigenvalue weighted by Crippen LogP contribution is 2.20. The van der Waals surface area contributed by atoms with Crippen LogP contribution >= 0.6 is 0 Å². The Bertz CT molecular complexity index is 730. The molecule has 0 N–H and O–H groups in total. The van der Waals surface area contributed by atoms with E-state index in [2.05, 4.69) is 15.0 Å². The van der Waals surface area contributed by atoms with Crippen molar-refractivity contribution in [3.63, 3.8) is 0 Å². The smallest absolute Gasteiger partial charge is 0.178 e. The van der Waals surface area contributed by atoms with Crippen LogP contribution in [0.15, 0.2) is 42.7 Å². The molecule has 2 heterocycles. The molecule has 0 spiro atoms. The van der Waals surface area contributed by atoms with Crippen molar-refractivity contribution in [2.75, 3.05) is 0 Å². The van der Waals surface area contributed by atoms with Crippen LogP contribution in [0.25, 0.3) is 22.4 Å². The number of hydrogen-bond donors (Lipinski definition) is 0. The minimum absolute atomic E-state index is 0.340. The molecule has 0 aliphatic heterocycles. The zero-order chi connectivity index (χ0) is 12.5. The summed E-state index contributed by atoms with van der Waals surface area (Å²) in [6.07, 6.45) is 3.07. The topological polar surface area (TPSA) is 38.7 Å². The van der Waals surface area contributed by atoms with E-state index in [4.69, 9.17) is 7.85 Å². The second-order valence-electron chi connectivity index (χ2n) is 3.81. The number of fused-ring (bicyclic) bond motifs is 1. The number of nitrogens with zero attached hydrogens (tertiary/aromatic N) is 3. The van der Waals surface area contributed by atoms with Crippen LogP contribution in [0.5, 0.6) is 0 Å². The van der Waals surface area contributed by atoms with Gasteiger partial charge in [0.15, 0.2) is 5.65 Å². The Morgan fingerprint density at radius 2 is 1.83 bits per heavy atom. The molecular weight excluding hydrogens is 228 g/mol. The standard InChI is InChI=1S/C13H7BFN3/c14-9-7-11(8-3-1-2-4-10(8)15)18-13-12(9)16-5-6-17-13/h1-7H. The van der Waals surface area contributed by atoms with E-state index in [1.165, 1.54) is 12.3 Å². The summed E-state index contributed by atoms with van der Waals surface area (Å²) in [5.41, 5.74) is 2.23. The van der Waals surface area contributed by atoms with Gasteiger partial charge in [-0.05, 0) is 18.2 Å². The van der Waals surface area contributed by atoms with Gasteiger partial charge in [-0.15, -0.1) is 0 Å². The number of pyridine rings is 1. The van der Waals surface area contributed by atoms with Crippen molar-refractivity contribution < 1.29 is 4.39 Å². The van der Waals surface area contributed by atoms with Crippen molar-refractivity contribution in [1.29, 1.82) is 0 Å². The number of benzene rings is 1. The molecule has 18 heavy (non-hydrogen) atoms. The third-order valence-electron chi connectivity index (χ3n) is 2.62. The SMILES string of the molecule is [B]c1cc(-c2ccccc2F)nc2nccnc12. The molecule has 0 saturated heterocycles. The molecule has 0 aliphatic carbocycles. The fourth-order valence-electron chi connectivity index (χ4n) is 1.79. The maximum Gasteiger partial charge on any atom is 0.178 e. The molecule has 0 unspecified atom stereocenters. The fourth-order valence-corrected chi connectivity index (χ4v) is 1.79. The van der Waals surface area contributed by atoms with Gasteiger partial charge in [0, 0.05) is 18.0 Å². The van der Waals surface area contributed by atoms with Gasteiger partial charge in [0.25, 0.3) is 0 Å². The lowest BCUT2D eigenvalue weighted by molar-refractivity contribution is 0.631. The second kappa shape index (κ2) is 4.18. The molecule has 0 bridgehead atoms. The van der Waals surface area contributed by atoms with Crippen molar-refractivity contribution in [3.8, 4) is 11.3 Å². The molecule has 2 aromatic heterocycles. The zero-order valence-electron chi connectivity index (χ0n) is 9.34. The highest BCUT2D eigenvalue weighted by molar-refractivity contribution is 6.38. The first-order valence-corrected chi connectivity index (χ1v) is 5.38. The van der Waals surface area contributed by atoms with Crippen molar-refractivity contribution in [2.24, 2.45) is 0 Å². The van der Waals surface area contributed by atoms with Gasteiger partial charge in [-0.1, -0.05) is 17.6 Å². The lowest BCUT2D eigenvalue weighted by atomic mass is 9.93. The summed E-state index contributed by atoms with van der Waals surface area (Å²) >= 11 is 0. The van der Waals surface area contributed by atoms with Crippen LogP contribution in [0.1, 0.15) is 0 Å². The van der Waals surface area contributed by atoms with Crippen LogP contribution in [0, 0.1) is 5.82 Å². The van der Waals surface area contributed by atoms with E-state index >= 15 is 0 Å². The Balaban J connectivity index is 2.28. The van der Waals surface area contributed by atoms with Gasteiger partial charge in [0.2, 0.25) is 0 Å². The summed E-state index contributed by atoms with van der Waals surface area (Å²) in [5.74, 6) is -0.340. The summed E-state index contributed by atoms with van der Waals surface area (Å²) in [6.45, 7) is 0. The molecular formula is C13H7BFN3. The quantitative estimate of drug-likeness (QED) is 0.601. The largest absolute Gasteiger partial charge is 0.252 e. The molecule has 2 radical (unpaired) electrons. The lowest BCUT2D eigenvalue weighted by Crippen LogP contribution is -2.09. The molecule has 0 fully saturated rings. The van der Waals surface area contributed by atoms with Gasteiger partial charge < -0.3 is 0 Å². The predicted molar refractivity (Wildman–Crippen MR) is 68.1 cm³/mol. The van der Waals surface area contributed by atoms with E-state index < -0.39 is 0 Å². The van der Waals surface area contributed by atoms with E-state index in [9.17, 15) is 4.39 Å². The summed E-state index contributed by atoms with van der Waals surface area (Å²) < 4.78 is 13.7. The third-order valence-corrected chi connectivity index (χ3v) is 2.62. The van der Waals surface area contributed by atoms with Crippen molar-refractivity contribution in [2.45, 2.75) is 0 Å². The van der Waals surface area contributed by atoms with Crippen LogP contribution in [-0.4, -0.2) is 22.8 Å². The Kier molecular flexibility index (Phi) is 2.52. The molecule has 3 aromatic rings. The highest BCUT2D eigenvalue weighted by atomic mass is 19.1. The molecule has 0 saturated carbocycles. The third kappa shape index (κ3) is 1.74. The number of halogens is 1.